The van der Waals surface area contributed by atoms with E-state index in [0.29, 0.717) is 47.6 Å². The third kappa shape index (κ3) is 3.39. The van der Waals surface area contributed by atoms with Crippen molar-refractivity contribution in [2.24, 2.45) is 5.73 Å². The Balaban J connectivity index is 1.41. The van der Waals surface area contributed by atoms with Crippen LogP contribution in [-0.4, -0.2) is 28.4 Å². The number of benzene rings is 1. The lowest BCUT2D eigenvalue weighted by Crippen LogP contribution is -2.15. The average molecular weight is 391 g/mol. The van der Waals surface area contributed by atoms with Gasteiger partial charge in [-0.2, -0.15) is 0 Å². The first-order chi connectivity index (χ1) is 14.3. The van der Waals surface area contributed by atoms with E-state index < -0.39 is 6.04 Å². The largest absolute Gasteiger partial charge is 0.486 e. The molecule has 0 spiro atoms. The van der Waals surface area contributed by atoms with Crippen LogP contribution < -0.4 is 20.5 Å². The number of nitrogens with one attached hydrogen (secondary N) is 1. The standard InChI is InChI=1S/C20H17N5O4/c21-17(15-4-2-8-26-15)18-13(3-1-7-22-18)19-24-25-20(29-19)23-12-5-6-14-16(11-12)28-10-9-27-14/h1-8,11,17H,9-10,21H2,(H,23,25). The van der Waals surface area contributed by atoms with Crippen LogP contribution in [-0.2, 0) is 0 Å². The fourth-order valence-corrected chi connectivity index (χ4v) is 3.08. The van der Waals surface area contributed by atoms with Crippen molar-refractivity contribution in [3.63, 3.8) is 0 Å². The lowest BCUT2D eigenvalue weighted by Gasteiger charge is -2.18. The van der Waals surface area contributed by atoms with Gasteiger partial charge in [0.1, 0.15) is 25.0 Å². The molecule has 3 N–H and O–H groups in total. The van der Waals surface area contributed by atoms with E-state index in [9.17, 15) is 0 Å². The summed E-state index contributed by atoms with van der Waals surface area (Å²) in [7, 11) is 0. The topological polar surface area (TPSA) is 121 Å². The number of aromatic nitrogens is 3. The Bertz CT molecular complexity index is 1130. The molecule has 4 aromatic rings. The normalized spacial score (nSPS) is 13.8. The minimum atomic E-state index is -0.553. The van der Waals surface area contributed by atoms with Gasteiger partial charge in [-0.25, -0.2) is 0 Å². The van der Waals surface area contributed by atoms with Crippen molar-refractivity contribution in [3.05, 3.63) is 66.4 Å². The maximum Gasteiger partial charge on any atom is 0.320 e. The highest BCUT2D eigenvalue weighted by Crippen LogP contribution is 2.34. The molecule has 1 unspecified atom stereocenters. The molecular formula is C20H17N5O4. The first kappa shape index (κ1) is 17.3. The number of fused-ring (bicyclic) bond motifs is 1. The van der Waals surface area contributed by atoms with Crippen LogP contribution in [0.2, 0.25) is 0 Å². The predicted octanol–water partition coefficient (Wildman–Crippen LogP) is 3.29. The van der Waals surface area contributed by atoms with Crippen molar-refractivity contribution in [3.8, 4) is 23.0 Å². The van der Waals surface area contributed by atoms with Gasteiger partial charge in [0.15, 0.2) is 11.5 Å². The molecule has 1 aromatic carbocycles. The molecule has 4 heterocycles. The quantitative estimate of drug-likeness (QED) is 0.528. The van der Waals surface area contributed by atoms with Gasteiger partial charge in [-0.15, -0.1) is 5.10 Å². The average Bonchev–Trinajstić information content (AvgIpc) is 3.46. The summed E-state index contributed by atoms with van der Waals surface area (Å²) < 4.78 is 22.3. The van der Waals surface area contributed by atoms with E-state index in [-0.39, 0.29) is 6.01 Å². The number of pyridine rings is 1. The van der Waals surface area contributed by atoms with Gasteiger partial charge >= 0.3 is 6.01 Å². The Hall–Kier alpha value is -3.85. The Morgan fingerprint density at radius 1 is 1.00 bits per heavy atom. The molecular weight excluding hydrogens is 374 g/mol. The maximum atomic E-state index is 6.31. The molecule has 29 heavy (non-hydrogen) atoms. The summed E-state index contributed by atoms with van der Waals surface area (Å²) in [4.78, 5) is 4.39. The lowest BCUT2D eigenvalue weighted by atomic mass is 10.1. The molecule has 0 fully saturated rings. The minimum absolute atomic E-state index is 0.234. The van der Waals surface area contributed by atoms with E-state index in [2.05, 4.69) is 20.5 Å². The van der Waals surface area contributed by atoms with E-state index >= 15 is 0 Å². The molecule has 0 saturated heterocycles. The second-order valence-corrected chi connectivity index (χ2v) is 6.33. The highest BCUT2D eigenvalue weighted by Gasteiger charge is 2.21. The second-order valence-electron chi connectivity index (χ2n) is 6.33. The summed E-state index contributed by atoms with van der Waals surface area (Å²) in [5.74, 6) is 2.27. The zero-order valence-electron chi connectivity index (χ0n) is 15.2. The van der Waals surface area contributed by atoms with E-state index in [1.807, 2.05) is 24.3 Å². The molecule has 0 saturated carbocycles. The maximum absolute atomic E-state index is 6.31. The summed E-state index contributed by atoms with van der Waals surface area (Å²) in [6, 6.07) is 12.4. The first-order valence-electron chi connectivity index (χ1n) is 9.02. The fourth-order valence-electron chi connectivity index (χ4n) is 3.08. The zero-order valence-corrected chi connectivity index (χ0v) is 15.2. The summed E-state index contributed by atoms with van der Waals surface area (Å²) in [5.41, 5.74) is 8.26. The van der Waals surface area contributed by atoms with Gasteiger partial charge < -0.3 is 29.4 Å². The number of anilines is 2. The van der Waals surface area contributed by atoms with Crippen LogP contribution in [0.3, 0.4) is 0 Å². The Labute approximate surface area is 165 Å². The van der Waals surface area contributed by atoms with Crippen molar-refractivity contribution < 1.29 is 18.3 Å². The molecule has 0 aliphatic carbocycles. The molecule has 3 aromatic heterocycles. The van der Waals surface area contributed by atoms with Gasteiger partial charge in [-0.3, -0.25) is 4.98 Å². The third-order valence-corrected chi connectivity index (χ3v) is 4.43. The van der Waals surface area contributed by atoms with Crippen LogP contribution in [0.25, 0.3) is 11.5 Å². The van der Waals surface area contributed by atoms with E-state index in [0.717, 1.165) is 5.69 Å². The summed E-state index contributed by atoms with van der Waals surface area (Å²) in [6.45, 7) is 1.06. The van der Waals surface area contributed by atoms with Gasteiger partial charge in [-0.05, 0) is 36.4 Å². The van der Waals surface area contributed by atoms with Crippen LogP contribution in [0, 0.1) is 0 Å². The second kappa shape index (κ2) is 7.28. The summed E-state index contributed by atoms with van der Waals surface area (Å²) in [5, 5.41) is 11.3. The first-order valence-corrected chi connectivity index (χ1v) is 9.02. The van der Waals surface area contributed by atoms with Gasteiger partial charge in [0.2, 0.25) is 0 Å². The Morgan fingerprint density at radius 3 is 2.76 bits per heavy atom. The van der Waals surface area contributed by atoms with Crippen LogP contribution in [0.4, 0.5) is 11.7 Å². The van der Waals surface area contributed by atoms with Crippen molar-refractivity contribution in [2.45, 2.75) is 6.04 Å². The number of nitrogens with two attached hydrogens (primary N) is 1. The molecule has 1 aliphatic heterocycles. The number of nitrogens with zero attached hydrogens (tertiary/aromatic N) is 3. The molecule has 146 valence electrons. The Morgan fingerprint density at radius 2 is 1.90 bits per heavy atom. The lowest BCUT2D eigenvalue weighted by molar-refractivity contribution is 0.171. The summed E-state index contributed by atoms with van der Waals surface area (Å²) in [6.07, 6.45) is 3.23. The third-order valence-electron chi connectivity index (χ3n) is 4.43. The molecule has 0 amide bonds. The van der Waals surface area contributed by atoms with Gasteiger partial charge in [0, 0.05) is 18.0 Å². The highest BCUT2D eigenvalue weighted by molar-refractivity contribution is 5.62. The number of hydrogen-bond acceptors (Lipinski definition) is 9. The predicted molar refractivity (Wildman–Crippen MR) is 103 cm³/mol. The van der Waals surface area contributed by atoms with Crippen molar-refractivity contribution >= 4 is 11.7 Å². The summed E-state index contributed by atoms with van der Waals surface area (Å²) >= 11 is 0. The van der Waals surface area contributed by atoms with Gasteiger partial charge in [0.25, 0.3) is 5.89 Å². The number of furan rings is 1. The smallest absolute Gasteiger partial charge is 0.320 e. The van der Waals surface area contributed by atoms with Crippen molar-refractivity contribution in [2.75, 3.05) is 18.5 Å². The molecule has 0 bridgehead atoms. The van der Waals surface area contributed by atoms with Gasteiger partial charge in [-0.1, -0.05) is 5.10 Å². The minimum Gasteiger partial charge on any atom is -0.486 e. The van der Waals surface area contributed by atoms with Crippen LogP contribution in [0.1, 0.15) is 17.5 Å². The monoisotopic (exact) mass is 391 g/mol. The van der Waals surface area contributed by atoms with E-state index in [4.69, 9.17) is 24.0 Å². The fraction of sp³-hybridized carbons (Fsp3) is 0.150. The van der Waals surface area contributed by atoms with E-state index in [1.54, 1.807) is 30.7 Å². The van der Waals surface area contributed by atoms with Crippen LogP contribution in [0.15, 0.2) is 63.8 Å². The van der Waals surface area contributed by atoms with Crippen molar-refractivity contribution in [1.82, 2.24) is 15.2 Å². The van der Waals surface area contributed by atoms with Crippen molar-refractivity contribution in [1.29, 1.82) is 0 Å². The zero-order chi connectivity index (χ0) is 19.6. The molecule has 5 rings (SSSR count). The number of rotatable bonds is 5. The highest BCUT2D eigenvalue weighted by atomic mass is 16.6. The van der Waals surface area contributed by atoms with Crippen LogP contribution in [0.5, 0.6) is 11.5 Å². The number of hydrogen-bond donors (Lipinski definition) is 2. The molecule has 0 radical (unpaired) electrons. The van der Waals surface area contributed by atoms with Crippen LogP contribution >= 0.6 is 0 Å². The molecule has 9 heteroatoms. The Kier molecular flexibility index (Phi) is 4.34. The molecule has 1 aliphatic rings. The number of ether oxygens (including phenoxy) is 2. The van der Waals surface area contributed by atoms with E-state index in [1.165, 1.54) is 0 Å². The molecule has 9 nitrogen and oxygen atoms in total. The molecule has 1 atom stereocenters. The SMILES string of the molecule is NC(c1ccco1)c1ncccc1-c1nnc(Nc2ccc3c(c2)OCCO3)o1. The van der Waals surface area contributed by atoms with Gasteiger partial charge in [0.05, 0.1) is 17.5 Å².